The van der Waals surface area contributed by atoms with E-state index in [2.05, 4.69) is 4.98 Å². The maximum absolute atomic E-state index is 12.4. The van der Waals surface area contributed by atoms with Gasteiger partial charge in [-0.05, 0) is 12.1 Å². The van der Waals surface area contributed by atoms with Gasteiger partial charge in [0.2, 0.25) is 0 Å². The van der Waals surface area contributed by atoms with E-state index in [4.69, 9.17) is 10.2 Å². The minimum atomic E-state index is -0.229. The highest BCUT2D eigenvalue weighted by Crippen LogP contribution is 2.17. The Labute approximate surface area is 111 Å². The van der Waals surface area contributed by atoms with E-state index in [-0.39, 0.29) is 32.2 Å². The van der Waals surface area contributed by atoms with Crippen molar-refractivity contribution < 1.29 is 15.0 Å². The van der Waals surface area contributed by atoms with Gasteiger partial charge in [-0.25, -0.2) is 0 Å². The number of benzene rings is 1. The lowest BCUT2D eigenvalue weighted by atomic mass is 10.1. The van der Waals surface area contributed by atoms with E-state index < -0.39 is 0 Å². The lowest BCUT2D eigenvalue weighted by molar-refractivity contribution is 0.0686. The molecule has 0 saturated carbocycles. The number of aliphatic hydroxyl groups excluding tert-OH is 2. The summed E-state index contributed by atoms with van der Waals surface area (Å²) in [6.45, 7) is 0.124. The van der Waals surface area contributed by atoms with Gasteiger partial charge in [-0.2, -0.15) is 0 Å². The zero-order valence-corrected chi connectivity index (χ0v) is 10.5. The van der Waals surface area contributed by atoms with Gasteiger partial charge in [0, 0.05) is 24.7 Å². The summed E-state index contributed by atoms with van der Waals surface area (Å²) in [6, 6.07) is 9.10. The Morgan fingerprint density at radius 3 is 2.47 bits per heavy atom. The Hall–Kier alpha value is -1.98. The number of carbonyl (C=O) groups excluding carboxylic acids is 1. The van der Waals surface area contributed by atoms with Gasteiger partial charge in [-0.3, -0.25) is 9.78 Å². The van der Waals surface area contributed by atoms with Crippen molar-refractivity contribution >= 4 is 16.8 Å². The molecular formula is C14H16N2O3. The molecule has 0 fully saturated rings. The molecule has 2 aromatic rings. The molecule has 1 heterocycles. The van der Waals surface area contributed by atoms with E-state index in [0.29, 0.717) is 11.1 Å². The number of para-hydroxylation sites is 1. The predicted octanol–water partition coefficient (Wildman–Crippen LogP) is 0.662. The summed E-state index contributed by atoms with van der Waals surface area (Å²) in [5, 5.41) is 18.9. The SMILES string of the molecule is O=C(c1cccc2cccnc12)N(CCO)CCO. The quantitative estimate of drug-likeness (QED) is 0.828. The van der Waals surface area contributed by atoms with Crippen LogP contribution in [0.5, 0.6) is 0 Å². The van der Waals surface area contributed by atoms with Gasteiger partial charge >= 0.3 is 0 Å². The van der Waals surface area contributed by atoms with Crippen LogP contribution in [0.1, 0.15) is 10.4 Å². The van der Waals surface area contributed by atoms with Crippen molar-refractivity contribution in [1.29, 1.82) is 0 Å². The molecule has 1 aromatic heterocycles. The normalized spacial score (nSPS) is 10.6. The molecule has 0 aliphatic heterocycles. The molecule has 0 spiro atoms. The third-order valence-electron chi connectivity index (χ3n) is 2.89. The molecule has 0 unspecified atom stereocenters. The number of rotatable bonds is 5. The Kier molecular flexibility index (Phi) is 4.43. The molecule has 0 aliphatic carbocycles. The topological polar surface area (TPSA) is 73.7 Å². The average molecular weight is 260 g/mol. The van der Waals surface area contributed by atoms with E-state index >= 15 is 0 Å². The highest BCUT2D eigenvalue weighted by Gasteiger charge is 2.17. The van der Waals surface area contributed by atoms with Crippen molar-refractivity contribution in [2.45, 2.75) is 0 Å². The molecule has 1 amide bonds. The van der Waals surface area contributed by atoms with Crippen LogP contribution in [-0.2, 0) is 0 Å². The van der Waals surface area contributed by atoms with E-state index in [9.17, 15) is 4.79 Å². The summed E-state index contributed by atoms with van der Waals surface area (Å²) in [5.41, 5.74) is 1.12. The molecule has 5 heteroatoms. The van der Waals surface area contributed by atoms with Crippen LogP contribution in [0, 0.1) is 0 Å². The minimum Gasteiger partial charge on any atom is -0.395 e. The van der Waals surface area contributed by atoms with Crippen LogP contribution in [0.4, 0.5) is 0 Å². The monoisotopic (exact) mass is 260 g/mol. The molecule has 2 rings (SSSR count). The molecular weight excluding hydrogens is 244 g/mol. The number of pyridine rings is 1. The zero-order valence-electron chi connectivity index (χ0n) is 10.5. The summed E-state index contributed by atoms with van der Waals surface area (Å²) in [5.74, 6) is -0.229. The molecule has 5 nitrogen and oxygen atoms in total. The van der Waals surface area contributed by atoms with Crippen LogP contribution in [0.25, 0.3) is 10.9 Å². The van der Waals surface area contributed by atoms with E-state index in [1.165, 1.54) is 4.90 Å². The molecule has 100 valence electrons. The van der Waals surface area contributed by atoms with E-state index in [1.54, 1.807) is 18.3 Å². The lowest BCUT2D eigenvalue weighted by Crippen LogP contribution is -2.36. The first-order valence-electron chi connectivity index (χ1n) is 6.12. The summed E-state index contributed by atoms with van der Waals surface area (Å²) in [4.78, 5) is 18.1. The standard InChI is InChI=1S/C14H16N2O3/c17-9-7-16(8-10-18)14(19)12-5-1-3-11-4-2-6-15-13(11)12/h1-6,17-18H,7-10H2. The van der Waals surface area contributed by atoms with Gasteiger partial charge in [-0.1, -0.05) is 18.2 Å². The Morgan fingerprint density at radius 2 is 1.79 bits per heavy atom. The third-order valence-corrected chi connectivity index (χ3v) is 2.89. The number of aromatic nitrogens is 1. The number of carbonyl (C=O) groups is 1. The van der Waals surface area contributed by atoms with Crippen LogP contribution < -0.4 is 0 Å². The fourth-order valence-electron chi connectivity index (χ4n) is 2.00. The first-order chi connectivity index (χ1) is 9.27. The second kappa shape index (κ2) is 6.26. The number of hydrogen-bond donors (Lipinski definition) is 2. The van der Waals surface area contributed by atoms with Crippen molar-refractivity contribution in [2.75, 3.05) is 26.3 Å². The predicted molar refractivity (Wildman–Crippen MR) is 71.8 cm³/mol. The number of amides is 1. The summed E-state index contributed by atoms with van der Waals surface area (Å²) < 4.78 is 0. The second-order valence-electron chi connectivity index (χ2n) is 4.12. The fourth-order valence-corrected chi connectivity index (χ4v) is 2.00. The molecule has 0 atom stereocenters. The molecule has 0 radical (unpaired) electrons. The van der Waals surface area contributed by atoms with Gasteiger partial charge in [0.15, 0.2) is 0 Å². The Balaban J connectivity index is 2.39. The summed E-state index contributed by atoms with van der Waals surface area (Å²) in [6.07, 6.45) is 1.64. The van der Waals surface area contributed by atoms with Gasteiger partial charge in [0.25, 0.3) is 5.91 Å². The highest BCUT2D eigenvalue weighted by atomic mass is 16.3. The van der Waals surface area contributed by atoms with Gasteiger partial charge in [0.1, 0.15) is 0 Å². The second-order valence-corrected chi connectivity index (χ2v) is 4.12. The Morgan fingerprint density at radius 1 is 1.11 bits per heavy atom. The number of hydrogen-bond acceptors (Lipinski definition) is 4. The van der Waals surface area contributed by atoms with Gasteiger partial charge in [0.05, 0.1) is 24.3 Å². The van der Waals surface area contributed by atoms with E-state index in [1.807, 2.05) is 18.2 Å². The number of aliphatic hydroxyl groups is 2. The molecule has 0 saturated heterocycles. The van der Waals surface area contributed by atoms with Crippen LogP contribution in [-0.4, -0.2) is 52.3 Å². The van der Waals surface area contributed by atoms with Gasteiger partial charge < -0.3 is 15.1 Å². The molecule has 0 bridgehead atoms. The summed E-state index contributed by atoms with van der Waals surface area (Å²) >= 11 is 0. The van der Waals surface area contributed by atoms with Crippen molar-refractivity contribution in [2.24, 2.45) is 0 Å². The van der Waals surface area contributed by atoms with Crippen molar-refractivity contribution in [1.82, 2.24) is 9.88 Å². The smallest absolute Gasteiger partial charge is 0.256 e. The molecule has 19 heavy (non-hydrogen) atoms. The van der Waals surface area contributed by atoms with Crippen LogP contribution in [0.2, 0.25) is 0 Å². The molecule has 1 aromatic carbocycles. The summed E-state index contributed by atoms with van der Waals surface area (Å²) in [7, 11) is 0. The Bertz CT molecular complexity index is 560. The third kappa shape index (κ3) is 2.89. The van der Waals surface area contributed by atoms with Crippen LogP contribution in [0.15, 0.2) is 36.5 Å². The first kappa shape index (κ1) is 13.5. The maximum atomic E-state index is 12.4. The number of fused-ring (bicyclic) bond motifs is 1. The maximum Gasteiger partial charge on any atom is 0.256 e. The van der Waals surface area contributed by atoms with Crippen molar-refractivity contribution in [3.05, 3.63) is 42.1 Å². The zero-order chi connectivity index (χ0) is 13.7. The fraction of sp³-hybridized carbons (Fsp3) is 0.286. The van der Waals surface area contributed by atoms with Crippen molar-refractivity contribution in [3.63, 3.8) is 0 Å². The average Bonchev–Trinajstić information content (AvgIpc) is 2.46. The van der Waals surface area contributed by atoms with E-state index in [0.717, 1.165) is 5.39 Å². The van der Waals surface area contributed by atoms with Crippen LogP contribution >= 0.6 is 0 Å². The largest absolute Gasteiger partial charge is 0.395 e. The highest BCUT2D eigenvalue weighted by molar-refractivity contribution is 6.05. The van der Waals surface area contributed by atoms with Crippen molar-refractivity contribution in [3.8, 4) is 0 Å². The number of nitrogens with zero attached hydrogens (tertiary/aromatic N) is 2. The lowest BCUT2D eigenvalue weighted by Gasteiger charge is -2.21. The van der Waals surface area contributed by atoms with Gasteiger partial charge in [-0.15, -0.1) is 0 Å². The first-order valence-corrected chi connectivity index (χ1v) is 6.12. The minimum absolute atomic E-state index is 0.135. The van der Waals surface area contributed by atoms with Crippen LogP contribution in [0.3, 0.4) is 0 Å². The molecule has 0 aliphatic rings. The molecule has 2 N–H and O–H groups in total.